The van der Waals surface area contributed by atoms with E-state index in [-0.39, 0.29) is 4.88 Å². The number of carbonyl (C=O) groups excluding carboxylic acids is 1. The highest BCUT2D eigenvalue weighted by molar-refractivity contribution is 7.12. The van der Waals surface area contributed by atoms with E-state index in [0.29, 0.717) is 0 Å². The minimum absolute atomic E-state index is 0.282. The zero-order valence-corrected chi connectivity index (χ0v) is 8.65. The van der Waals surface area contributed by atoms with Crippen molar-refractivity contribution in [3.8, 4) is 0 Å². The smallest absolute Gasteiger partial charge is 0.205 e. The molecule has 1 nitrogen and oxygen atoms in total. The molecule has 82 valence electrons. The van der Waals surface area contributed by atoms with Gasteiger partial charge in [0.05, 0.1) is 10.4 Å². The lowest BCUT2D eigenvalue weighted by Gasteiger charge is -2.01. The Morgan fingerprint density at radius 2 is 1.81 bits per heavy atom. The first-order valence-corrected chi connectivity index (χ1v) is 5.21. The van der Waals surface area contributed by atoms with Crippen molar-refractivity contribution in [1.29, 1.82) is 0 Å². The van der Waals surface area contributed by atoms with Crippen molar-refractivity contribution in [3.63, 3.8) is 0 Å². The minimum atomic E-state index is -1.62. The summed E-state index contributed by atoms with van der Waals surface area (Å²) in [7, 11) is 0. The number of halogens is 3. The molecular weight excluding hydrogens is 237 g/mol. The van der Waals surface area contributed by atoms with Gasteiger partial charge < -0.3 is 0 Å². The summed E-state index contributed by atoms with van der Waals surface area (Å²) in [5.41, 5.74) is -0.457. The number of rotatable bonds is 2. The van der Waals surface area contributed by atoms with Crippen LogP contribution in [0, 0.1) is 17.5 Å². The lowest BCUT2D eigenvalue weighted by Crippen LogP contribution is -2.05. The second-order valence-electron chi connectivity index (χ2n) is 3.03. The average Bonchev–Trinajstić information content (AvgIpc) is 2.79. The van der Waals surface area contributed by atoms with Crippen LogP contribution >= 0.6 is 11.3 Å². The summed E-state index contributed by atoms with van der Waals surface area (Å²) in [6.07, 6.45) is 0. The fourth-order valence-corrected chi connectivity index (χ4v) is 1.92. The number of ketones is 1. The Labute approximate surface area is 93.2 Å². The average molecular weight is 242 g/mol. The summed E-state index contributed by atoms with van der Waals surface area (Å²) in [6.45, 7) is 0. The molecule has 0 aliphatic rings. The summed E-state index contributed by atoms with van der Waals surface area (Å²) in [5, 5.41) is 1.64. The molecule has 0 fully saturated rings. The molecule has 0 aliphatic carbocycles. The summed E-state index contributed by atoms with van der Waals surface area (Å²) >= 11 is 1.11. The Morgan fingerprint density at radius 1 is 1.06 bits per heavy atom. The monoisotopic (exact) mass is 242 g/mol. The minimum Gasteiger partial charge on any atom is -0.288 e. The van der Waals surface area contributed by atoms with Gasteiger partial charge in [0.2, 0.25) is 5.78 Å². The predicted molar refractivity (Wildman–Crippen MR) is 54.1 cm³/mol. The second kappa shape index (κ2) is 4.09. The zero-order chi connectivity index (χ0) is 11.7. The van der Waals surface area contributed by atoms with Crippen LogP contribution in [0.5, 0.6) is 0 Å². The highest BCUT2D eigenvalue weighted by Gasteiger charge is 2.20. The zero-order valence-electron chi connectivity index (χ0n) is 7.84. The Balaban J connectivity index is 2.50. The van der Waals surface area contributed by atoms with E-state index in [2.05, 4.69) is 0 Å². The first-order chi connectivity index (χ1) is 7.61. The number of benzene rings is 1. The van der Waals surface area contributed by atoms with Gasteiger partial charge in [-0.3, -0.25) is 4.79 Å². The Morgan fingerprint density at radius 3 is 2.44 bits per heavy atom. The maximum Gasteiger partial charge on any atom is 0.205 e. The van der Waals surface area contributed by atoms with Crippen LogP contribution in [0.4, 0.5) is 13.2 Å². The number of thiophene rings is 1. The van der Waals surface area contributed by atoms with Gasteiger partial charge in [-0.25, -0.2) is 13.2 Å². The fourth-order valence-electron chi connectivity index (χ4n) is 1.24. The van der Waals surface area contributed by atoms with Crippen LogP contribution in [0.2, 0.25) is 0 Å². The molecule has 0 N–H and O–H groups in total. The van der Waals surface area contributed by atoms with Gasteiger partial charge in [0.15, 0.2) is 17.5 Å². The van der Waals surface area contributed by atoms with Crippen molar-refractivity contribution >= 4 is 17.1 Å². The van der Waals surface area contributed by atoms with Gasteiger partial charge in [0, 0.05) is 0 Å². The lowest BCUT2D eigenvalue weighted by molar-refractivity contribution is 0.103. The van der Waals surface area contributed by atoms with Crippen LogP contribution in [0.25, 0.3) is 0 Å². The van der Waals surface area contributed by atoms with E-state index in [9.17, 15) is 18.0 Å². The van der Waals surface area contributed by atoms with Crippen molar-refractivity contribution in [1.82, 2.24) is 0 Å². The molecule has 2 aromatic rings. The van der Waals surface area contributed by atoms with Crippen LogP contribution in [0.15, 0.2) is 29.6 Å². The van der Waals surface area contributed by atoms with Gasteiger partial charge in [0.25, 0.3) is 0 Å². The molecule has 0 saturated heterocycles. The quantitative estimate of drug-likeness (QED) is 0.582. The molecule has 0 amide bonds. The molecule has 0 bridgehead atoms. The first kappa shape index (κ1) is 10.9. The van der Waals surface area contributed by atoms with Crippen LogP contribution in [-0.2, 0) is 0 Å². The maximum atomic E-state index is 13.3. The van der Waals surface area contributed by atoms with Gasteiger partial charge in [-0.2, -0.15) is 0 Å². The maximum absolute atomic E-state index is 13.3. The van der Waals surface area contributed by atoms with Crippen molar-refractivity contribution < 1.29 is 18.0 Å². The SMILES string of the molecule is O=C(c1cccs1)c1ccc(F)c(F)c1F. The summed E-state index contributed by atoms with van der Waals surface area (Å²) in [4.78, 5) is 12.0. The number of hydrogen-bond donors (Lipinski definition) is 0. The van der Waals surface area contributed by atoms with E-state index < -0.39 is 28.8 Å². The Bertz CT molecular complexity index is 534. The van der Waals surface area contributed by atoms with Crippen molar-refractivity contribution in [2.45, 2.75) is 0 Å². The van der Waals surface area contributed by atoms with Crippen molar-refractivity contribution in [2.24, 2.45) is 0 Å². The van der Waals surface area contributed by atoms with Gasteiger partial charge in [-0.05, 0) is 23.6 Å². The van der Waals surface area contributed by atoms with Crippen LogP contribution in [0.3, 0.4) is 0 Å². The molecule has 1 aromatic carbocycles. The molecule has 0 spiro atoms. The van der Waals surface area contributed by atoms with E-state index in [1.807, 2.05) is 0 Å². The first-order valence-electron chi connectivity index (χ1n) is 4.33. The molecule has 0 unspecified atom stereocenters. The third-order valence-corrected chi connectivity index (χ3v) is 2.89. The highest BCUT2D eigenvalue weighted by Crippen LogP contribution is 2.20. The summed E-state index contributed by atoms with van der Waals surface area (Å²) in [5.74, 6) is -5.02. The normalized spacial score (nSPS) is 10.4. The van der Waals surface area contributed by atoms with Gasteiger partial charge in [0.1, 0.15) is 0 Å². The summed E-state index contributed by atoms with van der Waals surface area (Å²) < 4.78 is 38.8. The third-order valence-electron chi connectivity index (χ3n) is 2.02. The fraction of sp³-hybridized carbons (Fsp3) is 0. The molecule has 0 aliphatic heterocycles. The van der Waals surface area contributed by atoms with Crippen LogP contribution < -0.4 is 0 Å². The predicted octanol–water partition coefficient (Wildman–Crippen LogP) is 3.40. The van der Waals surface area contributed by atoms with Crippen LogP contribution in [-0.4, -0.2) is 5.78 Å². The Hall–Kier alpha value is -1.62. The molecule has 0 radical (unpaired) electrons. The molecule has 1 aromatic heterocycles. The molecule has 0 atom stereocenters. The highest BCUT2D eigenvalue weighted by atomic mass is 32.1. The molecule has 1 heterocycles. The third kappa shape index (κ3) is 1.74. The molecular formula is C11H5F3OS. The lowest BCUT2D eigenvalue weighted by atomic mass is 10.1. The standard InChI is InChI=1S/C11H5F3OS/c12-7-4-3-6(9(13)10(7)14)11(15)8-2-1-5-16-8/h1-5H. The largest absolute Gasteiger partial charge is 0.288 e. The van der Waals surface area contributed by atoms with E-state index in [4.69, 9.17) is 0 Å². The second-order valence-corrected chi connectivity index (χ2v) is 3.98. The van der Waals surface area contributed by atoms with Crippen molar-refractivity contribution in [3.05, 3.63) is 57.5 Å². The van der Waals surface area contributed by atoms with Crippen LogP contribution in [0.1, 0.15) is 15.2 Å². The van der Waals surface area contributed by atoms with Gasteiger partial charge >= 0.3 is 0 Å². The number of carbonyl (C=O) groups is 1. The molecule has 16 heavy (non-hydrogen) atoms. The number of hydrogen-bond acceptors (Lipinski definition) is 2. The van der Waals surface area contributed by atoms with Crippen molar-refractivity contribution in [2.75, 3.05) is 0 Å². The molecule has 0 saturated carbocycles. The Kier molecular flexibility index (Phi) is 2.78. The molecule has 2 rings (SSSR count). The van der Waals surface area contributed by atoms with Gasteiger partial charge in [-0.1, -0.05) is 6.07 Å². The summed E-state index contributed by atoms with van der Waals surface area (Å²) in [6, 6.07) is 4.79. The van der Waals surface area contributed by atoms with E-state index >= 15 is 0 Å². The van der Waals surface area contributed by atoms with Gasteiger partial charge in [-0.15, -0.1) is 11.3 Å². The van der Waals surface area contributed by atoms with E-state index in [1.165, 1.54) is 6.07 Å². The molecule has 5 heteroatoms. The van der Waals surface area contributed by atoms with E-state index in [1.54, 1.807) is 11.4 Å². The van der Waals surface area contributed by atoms with E-state index in [0.717, 1.165) is 23.5 Å². The topological polar surface area (TPSA) is 17.1 Å².